The van der Waals surface area contributed by atoms with Crippen molar-refractivity contribution in [2.24, 2.45) is 5.92 Å². The molecular formula is C20H20N2O3. The van der Waals surface area contributed by atoms with Gasteiger partial charge in [-0.25, -0.2) is 0 Å². The van der Waals surface area contributed by atoms with Crippen LogP contribution in [0.4, 0.5) is 5.69 Å². The van der Waals surface area contributed by atoms with Crippen LogP contribution in [0.15, 0.2) is 48.5 Å². The topological polar surface area (TPSA) is 69.6 Å². The van der Waals surface area contributed by atoms with Crippen LogP contribution in [0, 0.1) is 5.92 Å². The average Bonchev–Trinajstić information content (AvgIpc) is 2.77. The predicted molar refractivity (Wildman–Crippen MR) is 94.3 cm³/mol. The second-order valence-corrected chi connectivity index (χ2v) is 7.09. The van der Waals surface area contributed by atoms with Gasteiger partial charge in [-0.2, -0.15) is 0 Å². The van der Waals surface area contributed by atoms with Crippen molar-refractivity contribution in [2.75, 3.05) is 4.90 Å². The Morgan fingerprint density at radius 1 is 1.08 bits per heavy atom. The highest BCUT2D eigenvalue weighted by molar-refractivity contribution is 6.15. The molecule has 2 heterocycles. The lowest BCUT2D eigenvalue weighted by molar-refractivity contribution is -0.000551. The SMILES string of the molecule is CC(C)C[C@@H]1NC(=O)c2ccccc2N2C(=O)c3ccccc3[C@]12O. The molecule has 2 atom stereocenters. The number of nitrogens with one attached hydrogen (secondary N) is 1. The van der Waals surface area contributed by atoms with E-state index in [2.05, 4.69) is 5.32 Å². The number of amides is 2. The largest absolute Gasteiger partial charge is 0.365 e. The van der Waals surface area contributed by atoms with Crippen molar-refractivity contribution in [3.63, 3.8) is 0 Å². The van der Waals surface area contributed by atoms with Crippen LogP contribution >= 0.6 is 0 Å². The van der Waals surface area contributed by atoms with Crippen LogP contribution in [0.25, 0.3) is 0 Å². The van der Waals surface area contributed by atoms with E-state index in [9.17, 15) is 14.7 Å². The highest BCUT2D eigenvalue weighted by Gasteiger charge is 2.56. The molecule has 0 spiro atoms. The highest BCUT2D eigenvalue weighted by atomic mass is 16.3. The monoisotopic (exact) mass is 336 g/mol. The van der Waals surface area contributed by atoms with Crippen molar-refractivity contribution < 1.29 is 14.7 Å². The number of carbonyl (C=O) groups is 2. The number of benzene rings is 2. The third-order valence-electron chi connectivity index (χ3n) is 4.99. The van der Waals surface area contributed by atoms with Gasteiger partial charge in [-0.15, -0.1) is 0 Å². The fourth-order valence-corrected chi connectivity index (χ4v) is 3.91. The Hall–Kier alpha value is -2.66. The molecule has 2 amide bonds. The number of aliphatic hydroxyl groups is 1. The third kappa shape index (κ3) is 2.12. The van der Waals surface area contributed by atoms with Gasteiger partial charge in [-0.3, -0.25) is 14.5 Å². The number of rotatable bonds is 2. The van der Waals surface area contributed by atoms with E-state index >= 15 is 0 Å². The normalized spacial score (nSPS) is 24.5. The fourth-order valence-electron chi connectivity index (χ4n) is 3.91. The van der Waals surface area contributed by atoms with Crippen molar-refractivity contribution in [1.82, 2.24) is 5.32 Å². The minimum atomic E-state index is -1.60. The van der Waals surface area contributed by atoms with Crippen molar-refractivity contribution >= 4 is 17.5 Å². The Morgan fingerprint density at radius 3 is 2.44 bits per heavy atom. The molecule has 0 fully saturated rings. The van der Waals surface area contributed by atoms with Gasteiger partial charge in [0.05, 0.1) is 17.3 Å². The molecule has 2 aliphatic rings. The van der Waals surface area contributed by atoms with E-state index in [1.165, 1.54) is 4.90 Å². The molecule has 25 heavy (non-hydrogen) atoms. The van der Waals surface area contributed by atoms with E-state index < -0.39 is 11.8 Å². The Morgan fingerprint density at radius 2 is 1.72 bits per heavy atom. The van der Waals surface area contributed by atoms with Gasteiger partial charge in [0.15, 0.2) is 5.72 Å². The zero-order valence-electron chi connectivity index (χ0n) is 14.2. The first kappa shape index (κ1) is 15.8. The van der Waals surface area contributed by atoms with Gasteiger partial charge in [0.2, 0.25) is 0 Å². The molecule has 2 aromatic carbocycles. The van der Waals surface area contributed by atoms with Crippen LogP contribution in [0.1, 0.15) is 46.5 Å². The number of nitrogens with zero attached hydrogens (tertiary/aromatic N) is 1. The summed E-state index contributed by atoms with van der Waals surface area (Å²) < 4.78 is 0. The van der Waals surface area contributed by atoms with Crippen molar-refractivity contribution in [3.05, 3.63) is 65.2 Å². The molecule has 2 aromatic rings. The van der Waals surface area contributed by atoms with Crippen LogP contribution in [0.5, 0.6) is 0 Å². The summed E-state index contributed by atoms with van der Waals surface area (Å²) in [4.78, 5) is 27.2. The molecular weight excluding hydrogens is 316 g/mol. The van der Waals surface area contributed by atoms with Gasteiger partial charge in [-0.1, -0.05) is 44.2 Å². The molecule has 2 aliphatic heterocycles. The fraction of sp³-hybridized carbons (Fsp3) is 0.300. The van der Waals surface area contributed by atoms with Crippen LogP contribution in [0.2, 0.25) is 0 Å². The highest BCUT2D eigenvalue weighted by Crippen LogP contribution is 2.46. The Balaban J connectivity index is 2.00. The number of carbonyl (C=O) groups excluding carboxylic acids is 2. The second-order valence-electron chi connectivity index (χ2n) is 7.09. The van der Waals surface area contributed by atoms with Crippen LogP contribution in [0.3, 0.4) is 0 Å². The van der Waals surface area contributed by atoms with Crippen molar-refractivity contribution in [2.45, 2.75) is 32.0 Å². The van der Waals surface area contributed by atoms with Gasteiger partial charge in [0.25, 0.3) is 11.8 Å². The van der Waals surface area contributed by atoms with E-state index in [4.69, 9.17) is 0 Å². The molecule has 0 aliphatic carbocycles. The van der Waals surface area contributed by atoms with Crippen LogP contribution in [-0.4, -0.2) is 23.0 Å². The van der Waals surface area contributed by atoms with Crippen LogP contribution in [-0.2, 0) is 5.72 Å². The van der Waals surface area contributed by atoms with E-state index in [-0.39, 0.29) is 17.7 Å². The average molecular weight is 336 g/mol. The summed E-state index contributed by atoms with van der Waals surface area (Å²) in [5.41, 5.74) is 0.260. The predicted octanol–water partition coefficient (Wildman–Crippen LogP) is 2.65. The Bertz CT molecular complexity index is 877. The van der Waals surface area contributed by atoms with Gasteiger partial charge >= 0.3 is 0 Å². The summed E-state index contributed by atoms with van der Waals surface area (Å²) in [6, 6.07) is 13.4. The number of hydrogen-bond donors (Lipinski definition) is 2. The lowest BCUT2D eigenvalue weighted by Gasteiger charge is -2.39. The summed E-state index contributed by atoms with van der Waals surface area (Å²) in [7, 11) is 0. The summed E-state index contributed by atoms with van der Waals surface area (Å²) >= 11 is 0. The number of para-hydroxylation sites is 1. The first-order chi connectivity index (χ1) is 11.9. The maximum absolute atomic E-state index is 13.1. The molecule has 4 rings (SSSR count). The van der Waals surface area contributed by atoms with Gasteiger partial charge in [0.1, 0.15) is 0 Å². The molecule has 0 unspecified atom stereocenters. The lowest BCUT2D eigenvalue weighted by Crippen LogP contribution is -2.57. The summed E-state index contributed by atoms with van der Waals surface area (Å²) in [5, 5.41) is 14.7. The number of hydrogen-bond acceptors (Lipinski definition) is 3. The van der Waals surface area contributed by atoms with Gasteiger partial charge < -0.3 is 10.4 Å². The zero-order valence-corrected chi connectivity index (χ0v) is 14.2. The summed E-state index contributed by atoms with van der Waals surface area (Å²) in [5.74, 6) is -0.314. The van der Waals surface area contributed by atoms with Gasteiger partial charge in [0, 0.05) is 11.1 Å². The van der Waals surface area contributed by atoms with E-state index in [1.807, 2.05) is 13.8 Å². The van der Waals surface area contributed by atoms with E-state index in [0.29, 0.717) is 28.8 Å². The molecule has 2 N–H and O–H groups in total. The molecule has 0 saturated carbocycles. The number of fused-ring (bicyclic) bond motifs is 5. The van der Waals surface area contributed by atoms with Crippen molar-refractivity contribution in [3.8, 4) is 0 Å². The molecule has 0 saturated heterocycles. The number of anilines is 1. The van der Waals surface area contributed by atoms with E-state index in [1.54, 1.807) is 48.5 Å². The summed E-state index contributed by atoms with van der Waals surface area (Å²) in [6.45, 7) is 4.06. The first-order valence-electron chi connectivity index (χ1n) is 8.51. The molecule has 0 bridgehead atoms. The molecule has 5 heteroatoms. The second kappa shape index (κ2) is 5.43. The molecule has 0 radical (unpaired) electrons. The standard InChI is InChI=1S/C20H20N2O3/c1-12(2)11-17-20(25)15-9-5-3-7-13(15)19(24)22(20)16-10-6-4-8-14(16)18(23)21-17/h3-10,12,17,25H,11H2,1-2H3,(H,21,23)/t17-,20-/m0/s1. The van der Waals surface area contributed by atoms with Gasteiger partial charge in [-0.05, 0) is 30.5 Å². The lowest BCUT2D eigenvalue weighted by atomic mass is 9.88. The zero-order chi connectivity index (χ0) is 17.8. The quantitative estimate of drug-likeness (QED) is 0.886. The first-order valence-corrected chi connectivity index (χ1v) is 8.51. The van der Waals surface area contributed by atoms with Crippen LogP contribution < -0.4 is 10.2 Å². The maximum Gasteiger partial charge on any atom is 0.261 e. The maximum atomic E-state index is 13.1. The smallest absolute Gasteiger partial charge is 0.261 e. The Labute approximate surface area is 146 Å². The minimum Gasteiger partial charge on any atom is -0.365 e. The van der Waals surface area contributed by atoms with E-state index in [0.717, 1.165) is 0 Å². The van der Waals surface area contributed by atoms with Crippen molar-refractivity contribution in [1.29, 1.82) is 0 Å². The minimum absolute atomic E-state index is 0.236. The Kier molecular flexibility index (Phi) is 3.44. The molecule has 128 valence electrons. The molecule has 0 aromatic heterocycles. The summed E-state index contributed by atoms with van der Waals surface area (Å²) in [6.07, 6.45) is 0.550. The molecule has 5 nitrogen and oxygen atoms in total. The third-order valence-corrected chi connectivity index (χ3v) is 4.99.